The topological polar surface area (TPSA) is 104 Å². The fourth-order valence-corrected chi connectivity index (χ4v) is 4.00. The number of rotatable bonds is 8. The fraction of sp³-hybridized carbons (Fsp3) is 0.280. The van der Waals surface area contributed by atoms with Crippen LogP contribution in [0.25, 0.3) is 0 Å². The molecule has 5 N–H and O–H groups in total. The van der Waals surface area contributed by atoms with Gasteiger partial charge in [-0.25, -0.2) is 4.98 Å². The summed E-state index contributed by atoms with van der Waals surface area (Å²) >= 11 is 0. The van der Waals surface area contributed by atoms with Crippen molar-refractivity contribution in [2.24, 2.45) is 5.73 Å². The number of pyridine rings is 1. The standard InChI is InChI=1S/C25H29N5O2/c26-25(32)21-16-27-24(15-22(21)29-23(17-31)18-7-3-1-4-8-18)28-19-9-11-20(12-10-19)30-13-5-2-6-14-30/h1,3-4,7-12,15-16,23,31H,2,5-6,13-14,17H2,(H2,26,32)(H2,27,28,29)/t23-/m1/s1. The summed E-state index contributed by atoms with van der Waals surface area (Å²) in [6.07, 6.45) is 5.24. The van der Waals surface area contributed by atoms with E-state index in [0.717, 1.165) is 24.3 Å². The maximum atomic E-state index is 11.9. The van der Waals surface area contributed by atoms with E-state index in [1.165, 1.54) is 31.1 Å². The van der Waals surface area contributed by atoms with E-state index in [-0.39, 0.29) is 18.2 Å². The Balaban J connectivity index is 1.53. The highest BCUT2D eigenvalue weighted by Gasteiger charge is 2.16. The fourth-order valence-electron chi connectivity index (χ4n) is 4.00. The molecule has 0 aliphatic carbocycles. The molecule has 0 bridgehead atoms. The maximum absolute atomic E-state index is 11.9. The van der Waals surface area contributed by atoms with Crippen molar-refractivity contribution in [1.29, 1.82) is 0 Å². The van der Waals surface area contributed by atoms with Crippen LogP contribution in [0.4, 0.5) is 22.9 Å². The van der Waals surface area contributed by atoms with Gasteiger partial charge in [-0.2, -0.15) is 0 Å². The van der Waals surface area contributed by atoms with Gasteiger partial charge in [0.15, 0.2) is 0 Å². The summed E-state index contributed by atoms with van der Waals surface area (Å²) in [5.74, 6) is -0.00448. The van der Waals surface area contributed by atoms with Crippen LogP contribution < -0.4 is 21.3 Å². The number of aromatic nitrogens is 1. The predicted molar refractivity (Wildman–Crippen MR) is 128 cm³/mol. The van der Waals surface area contributed by atoms with Gasteiger partial charge in [-0.1, -0.05) is 30.3 Å². The molecule has 1 amide bonds. The Hall–Kier alpha value is -3.58. The molecule has 1 atom stereocenters. The minimum absolute atomic E-state index is 0.134. The highest BCUT2D eigenvalue weighted by Crippen LogP contribution is 2.27. The van der Waals surface area contributed by atoms with Gasteiger partial charge >= 0.3 is 0 Å². The first-order valence-corrected chi connectivity index (χ1v) is 11.0. The molecule has 1 aromatic heterocycles. The summed E-state index contributed by atoms with van der Waals surface area (Å²) in [4.78, 5) is 18.7. The zero-order valence-electron chi connectivity index (χ0n) is 18.0. The lowest BCUT2D eigenvalue weighted by Gasteiger charge is -2.28. The van der Waals surface area contributed by atoms with Gasteiger partial charge in [-0.3, -0.25) is 4.79 Å². The highest BCUT2D eigenvalue weighted by atomic mass is 16.3. The van der Waals surface area contributed by atoms with Crippen LogP contribution in [0.5, 0.6) is 0 Å². The number of amides is 1. The van der Waals surface area contributed by atoms with Crippen LogP contribution in [-0.2, 0) is 0 Å². The molecular weight excluding hydrogens is 402 g/mol. The van der Waals surface area contributed by atoms with Crippen molar-refractivity contribution in [1.82, 2.24) is 4.98 Å². The third-order valence-corrected chi connectivity index (χ3v) is 5.74. The minimum atomic E-state index is -0.581. The van der Waals surface area contributed by atoms with E-state index >= 15 is 0 Å². The Morgan fingerprint density at radius 2 is 1.78 bits per heavy atom. The van der Waals surface area contributed by atoms with Crippen molar-refractivity contribution in [3.63, 3.8) is 0 Å². The number of piperidine rings is 1. The molecule has 1 aliphatic rings. The molecular formula is C25H29N5O2. The summed E-state index contributed by atoms with van der Waals surface area (Å²) in [7, 11) is 0. The molecule has 3 aromatic rings. The largest absolute Gasteiger partial charge is 0.394 e. The number of benzene rings is 2. The Morgan fingerprint density at radius 3 is 2.44 bits per heavy atom. The Bertz CT molecular complexity index is 1030. The van der Waals surface area contributed by atoms with E-state index in [4.69, 9.17) is 5.73 Å². The molecule has 7 nitrogen and oxygen atoms in total. The van der Waals surface area contributed by atoms with Crippen molar-refractivity contribution >= 4 is 28.8 Å². The predicted octanol–water partition coefficient (Wildman–Crippen LogP) is 4.06. The quantitative estimate of drug-likeness (QED) is 0.429. The normalized spacial score (nSPS) is 14.6. The first-order valence-electron chi connectivity index (χ1n) is 11.0. The molecule has 0 radical (unpaired) electrons. The van der Waals surface area contributed by atoms with Gasteiger partial charge in [0.05, 0.1) is 23.9 Å². The second-order valence-corrected chi connectivity index (χ2v) is 7.99. The second-order valence-electron chi connectivity index (χ2n) is 7.99. The molecule has 0 spiro atoms. The molecule has 166 valence electrons. The maximum Gasteiger partial charge on any atom is 0.252 e. The van der Waals surface area contributed by atoms with Crippen molar-refractivity contribution in [3.05, 3.63) is 78.0 Å². The summed E-state index contributed by atoms with van der Waals surface area (Å²) in [6, 6.07) is 19.2. The summed E-state index contributed by atoms with van der Waals surface area (Å²) < 4.78 is 0. The number of hydrogen-bond acceptors (Lipinski definition) is 6. The van der Waals surface area contributed by atoms with E-state index in [1.54, 1.807) is 6.07 Å². The molecule has 32 heavy (non-hydrogen) atoms. The van der Waals surface area contributed by atoms with Crippen LogP contribution in [0.1, 0.15) is 41.2 Å². The van der Waals surface area contributed by atoms with Gasteiger partial charge in [0.2, 0.25) is 0 Å². The summed E-state index contributed by atoms with van der Waals surface area (Å²) in [5.41, 5.74) is 9.37. The number of anilines is 4. The summed E-state index contributed by atoms with van der Waals surface area (Å²) in [6.45, 7) is 2.07. The number of hydrogen-bond donors (Lipinski definition) is 4. The number of aliphatic hydroxyl groups is 1. The van der Waals surface area contributed by atoms with Crippen molar-refractivity contribution in [3.8, 4) is 0 Å². The third-order valence-electron chi connectivity index (χ3n) is 5.74. The van der Waals surface area contributed by atoms with Gasteiger partial charge in [0.25, 0.3) is 5.91 Å². The van der Waals surface area contributed by atoms with Crippen LogP contribution >= 0.6 is 0 Å². The highest BCUT2D eigenvalue weighted by molar-refractivity contribution is 5.98. The molecule has 0 saturated carbocycles. The number of nitrogens with zero attached hydrogens (tertiary/aromatic N) is 2. The Morgan fingerprint density at radius 1 is 1.06 bits per heavy atom. The molecule has 1 fully saturated rings. The number of carbonyl (C=O) groups is 1. The monoisotopic (exact) mass is 431 g/mol. The van der Waals surface area contributed by atoms with Gasteiger partial charge in [0.1, 0.15) is 5.82 Å². The zero-order valence-corrected chi connectivity index (χ0v) is 18.0. The number of nitrogens with one attached hydrogen (secondary N) is 2. The first kappa shape index (κ1) is 21.6. The first-order chi connectivity index (χ1) is 15.6. The van der Waals surface area contributed by atoms with Crippen molar-refractivity contribution in [2.75, 3.05) is 35.2 Å². The molecule has 0 unspecified atom stereocenters. The van der Waals surface area contributed by atoms with Crippen molar-refractivity contribution < 1.29 is 9.90 Å². The molecule has 4 rings (SSSR count). The van der Waals surface area contributed by atoms with Gasteiger partial charge < -0.3 is 26.4 Å². The Kier molecular flexibility index (Phi) is 6.87. The lowest BCUT2D eigenvalue weighted by molar-refractivity contribution is 0.100. The second kappa shape index (κ2) is 10.2. The van der Waals surface area contributed by atoms with Crippen LogP contribution in [0.15, 0.2) is 66.9 Å². The molecule has 2 heterocycles. The van der Waals surface area contributed by atoms with E-state index in [2.05, 4.69) is 32.7 Å². The molecule has 1 aliphatic heterocycles. The van der Waals surface area contributed by atoms with Crippen molar-refractivity contribution in [2.45, 2.75) is 25.3 Å². The van der Waals surface area contributed by atoms with Gasteiger partial charge in [-0.05, 0) is 49.1 Å². The minimum Gasteiger partial charge on any atom is -0.394 e. The SMILES string of the molecule is NC(=O)c1cnc(Nc2ccc(N3CCCCC3)cc2)cc1N[C@H](CO)c1ccccc1. The van der Waals surface area contributed by atoms with Crippen LogP contribution in [-0.4, -0.2) is 35.7 Å². The number of aliphatic hydroxyl groups excluding tert-OH is 1. The van der Waals surface area contributed by atoms with Crippen LogP contribution in [0.2, 0.25) is 0 Å². The number of carbonyl (C=O) groups excluding carboxylic acids is 1. The molecule has 7 heteroatoms. The van der Waals surface area contributed by atoms with E-state index in [1.807, 2.05) is 42.5 Å². The average molecular weight is 432 g/mol. The van der Waals surface area contributed by atoms with Crippen LogP contribution in [0, 0.1) is 0 Å². The Labute approximate surface area is 188 Å². The summed E-state index contributed by atoms with van der Waals surface area (Å²) in [5, 5.41) is 16.4. The molecule has 2 aromatic carbocycles. The van der Waals surface area contributed by atoms with E-state index in [0.29, 0.717) is 11.5 Å². The molecule has 1 saturated heterocycles. The van der Waals surface area contributed by atoms with Crippen LogP contribution in [0.3, 0.4) is 0 Å². The van der Waals surface area contributed by atoms with Gasteiger partial charge in [0, 0.05) is 36.7 Å². The number of nitrogens with two attached hydrogens (primary N) is 1. The van der Waals surface area contributed by atoms with E-state index in [9.17, 15) is 9.90 Å². The smallest absolute Gasteiger partial charge is 0.252 e. The average Bonchev–Trinajstić information content (AvgIpc) is 2.84. The lowest BCUT2D eigenvalue weighted by Crippen LogP contribution is -2.29. The van der Waals surface area contributed by atoms with Gasteiger partial charge in [-0.15, -0.1) is 0 Å². The van der Waals surface area contributed by atoms with E-state index < -0.39 is 5.91 Å². The lowest BCUT2D eigenvalue weighted by atomic mass is 10.1. The zero-order chi connectivity index (χ0) is 22.3. The number of primary amides is 1. The third kappa shape index (κ3) is 5.18.